The number of benzene rings is 1. The first-order chi connectivity index (χ1) is 12.5. The number of nitrogens with zero attached hydrogens (tertiary/aromatic N) is 1. The highest BCUT2D eigenvalue weighted by molar-refractivity contribution is 6.09. The molecular weight excluding hydrogens is 328 g/mol. The second-order valence-electron chi connectivity index (χ2n) is 8.23. The number of carbonyl (C=O) groups is 3. The molecule has 1 aromatic carbocycles. The topological polar surface area (TPSA) is 66.5 Å². The predicted molar refractivity (Wildman–Crippen MR) is 96.0 cm³/mol. The van der Waals surface area contributed by atoms with E-state index in [0.717, 1.165) is 23.2 Å². The molecule has 6 atom stereocenters. The summed E-state index contributed by atoms with van der Waals surface area (Å²) in [6.07, 6.45) is 5.43. The Morgan fingerprint density at radius 2 is 1.58 bits per heavy atom. The van der Waals surface area contributed by atoms with Crippen molar-refractivity contribution in [3.8, 4) is 0 Å². The van der Waals surface area contributed by atoms with Gasteiger partial charge in [0.15, 0.2) is 0 Å². The molecule has 0 spiro atoms. The molecule has 2 bridgehead atoms. The number of imide groups is 1. The van der Waals surface area contributed by atoms with Gasteiger partial charge in [-0.3, -0.25) is 19.3 Å². The van der Waals surface area contributed by atoms with Gasteiger partial charge >= 0.3 is 0 Å². The van der Waals surface area contributed by atoms with E-state index in [9.17, 15) is 14.4 Å². The van der Waals surface area contributed by atoms with Crippen molar-refractivity contribution in [1.29, 1.82) is 0 Å². The molecule has 5 aliphatic rings. The minimum Gasteiger partial charge on any atom is -0.324 e. The molecule has 1 saturated heterocycles. The van der Waals surface area contributed by atoms with Gasteiger partial charge in [0, 0.05) is 5.69 Å². The van der Waals surface area contributed by atoms with Gasteiger partial charge < -0.3 is 5.32 Å². The highest BCUT2D eigenvalue weighted by Gasteiger charge is 2.67. The summed E-state index contributed by atoms with van der Waals surface area (Å²) in [4.78, 5) is 39.6. The maximum absolute atomic E-state index is 12.9. The third-order valence-corrected chi connectivity index (χ3v) is 6.80. The number of hydrogen-bond donors (Lipinski definition) is 1. The molecule has 3 amide bonds. The molecule has 1 N–H and O–H groups in total. The molecule has 26 heavy (non-hydrogen) atoms. The van der Waals surface area contributed by atoms with Crippen LogP contribution in [-0.4, -0.2) is 29.2 Å². The number of likely N-dealkylation sites (tertiary alicyclic amines) is 1. The van der Waals surface area contributed by atoms with Crippen LogP contribution in [0.5, 0.6) is 0 Å². The van der Waals surface area contributed by atoms with E-state index in [-0.39, 0.29) is 47.9 Å². The predicted octanol–water partition coefficient (Wildman–Crippen LogP) is 2.30. The lowest BCUT2D eigenvalue weighted by Crippen LogP contribution is -2.40. The molecule has 2 saturated carbocycles. The lowest BCUT2D eigenvalue weighted by Gasteiger charge is -2.37. The summed E-state index contributed by atoms with van der Waals surface area (Å²) < 4.78 is 0. The fourth-order valence-electron chi connectivity index (χ4n) is 5.51. The van der Waals surface area contributed by atoms with Crippen molar-refractivity contribution >= 4 is 23.4 Å². The van der Waals surface area contributed by atoms with E-state index in [2.05, 4.69) is 17.5 Å². The molecule has 5 heteroatoms. The van der Waals surface area contributed by atoms with Gasteiger partial charge in [0.25, 0.3) is 0 Å². The normalized spacial score (nSPS) is 36.2. The summed E-state index contributed by atoms with van der Waals surface area (Å²) in [6, 6.07) is 5.80. The zero-order valence-electron chi connectivity index (χ0n) is 14.9. The zero-order chi connectivity index (χ0) is 18.2. The van der Waals surface area contributed by atoms with E-state index in [1.165, 1.54) is 4.90 Å². The fourth-order valence-corrected chi connectivity index (χ4v) is 5.51. The van der Waals surface area contributed by atoms with Gasteiger partial charge in [-0.05, 0) is 55.1 Å². The van der Waals surface area contributed by atoms with Crippen molar-refractivity contribution in [2.75, 3.05) is 11.9 Å². The third-order valence-electron chi connectivity index (χ3n) is 6.80. The lowest BCUT2D eigenvalue weighted by molar-refractivity contribution is -0.142. The minimum absolute atomic E-state index is 0.152. The minimum atomic E-state index is -0.312. The maximum atomic E-state index is 12.9. The number of allylic oxidation sites excluding steroid dienone is 2. The van der Waals surface area contributed by atoms with Crippen molar-refractivity contribution in [2.45, 2.75) is 20.3 Å². The molecule has 3 fully saturated rings. The Labute approximate surface area is 152 Å². The van der Waals surface area contributed by atoms with Crippen molar-refractivity contribution < 1.29 is 14.4 Å². The van der Waals surface area contributed by atoms with Gasteiger partial charge in [0.2, 0.25) is 17.7 Å². The smallest absolute Gasteiger partial charge is 0.244 e. The molecule has 4 aliphatic carbocycles. The Morgan fingerprint density at radius 3 is 2.12 bits per heavy atom. The summed E-state index contributed by atoms with van der Waals surface area (Å²) in [5, 5.41) is 2.88. The SMILES string of the molecule is Cc1cccc(C)c1NC(=O)CN1C(=O)[C@@H]2[C@H]3C=C[C@@H]([C@@H]4C[C@H]34)[C@@H]2C1=O. The monoisotopic (exact) mass is 350 g/mol. The van der Waals surface area contributed by atoms with Crippen molar-refractivity contribution in [1.82, 2.24) is 4.90 Å². The third kappa shape index (κ3) is 2.06. The molecule has 0 radical (unpaired) electrons. The van der Waals surface area contributed by atoms with Crippen LogP contribution in [-0.2, 0) is 14.4 Å². The second kappa shape index (κ2) is 5.29. The lowest BCUT2D eigenvalue weighted by atomic mass is 9.63. The zero-order valence-corrected chi connectivity index (χ0v) is 14.9. The van der Waals surface area contributed by atoms with E-state index < -0.39 is 0 Å². The Hall–Kier alpha value is -2.43. The number of amides is 3. The van der Waals surface area contributed by atoms with Crippen LogP contribution in [0, 0.1) is 49.4 Å². The quantitative estimate of drug-likeness (QED) is 0.672. The van der Waals surface area contributed by atoms with Crippen LogP contribution in [0.25, 0.3) is 0 Å². The Morgan fingerprint density at radius 1 is 1.04 bits per heavy atom. The molecule has 1 aromatic rings. The summed E-state index contributed by atoms with van der Waals surface area (Å²) in [6.45, 7) is 3.67. The molecule has 134 valence electrons. The molecule has 1 heterocycles. The van der Waals surface area contributed by atoms with Gasteiger partial charge in [-0.15, -0.1) is 0 Å². The largest absolute Gasteiger partial charge is 0.324 e. The van der Waals surface area contributed by atoms with Crippen LogP contribution in [0.4, 0.5) is 5.69 Å². The number of hydrogen-bond acceptors (Lipinski definition) is 3. The first-order valence-corrected chi connectivity index (χ1v) is 9.37. The number of anilines is 1. The van der Waals surface area contributed by atoms with Crippen LogP contribution in [0.3, 0.4) is 0 Å². The van der Waals surface area contributed by atoms with Gasteiger partial charge in [0.05, 0.1) is 11.8 Å². The van der Waals surface area contributed by atoms with Crippen molar-refractivity contribution in [3.05, 3.63) is 41.5 Å². The summed E-state index contributed by atoms with van der Waals surface area (Å²) in [5.74, 6) is 0.438. The Balaban J connectivity index is 1.35. The van der Waals surface area contributed by atoms with E-state index in [1.54, 1.807) is 0 Å². The maximum Gasteiger partial charge on any atom is 0.244 e. The van der Waals surface area contributed by atoms with Crippen LogP contribution in [0.2, 0.25) is 0 Å². The average Bonchev–Trinajstić information content (AvgIpc) is 3.40. The standard InChI is InChI=1S/C21H22N2O3/c1-10-4-3-5-11(2)19(10)22-16(24)9-23-20(25)17-12-6-7-13(15-8-14(12)15)18(17)21(23)26/h3-7,12-15,17-18H,8-9H2,1-2H3,(H,22,24)/t12-,13-,14-,15+,17-,18+/m0/s1. The summed E-state index contributed by atoms with van der Waals surface area (Å²) in [5.41, 5.74) is 2.69. The molecule has 0 aromatic heterocycles. The molecular formula is C21H22N2O3. The average molecular weight is 350 g/mol. The van der Waals surface area contributed by atoms with E-state index in [1.807, 2.05) is 32.0 Å². The molecule has 0 unspecified atom stereocenters. The molecule has 1 aliphatic heterocycles. The van der Waals surface area contributed by atoms with Gasteiger partial charge in [0.1, 0.15) is 6.54 Å². The summed E-state index contributed by atoms with van der Waals surface area (Å²) >= 11 is 0. The second-order valence-corrected chi connectivity index (χ2v) is 8.23. The highest BCUT2D eigenvalue weighted by Crippen LogP contribution is 2.65. The number of rotatable bonds is 3. The molecule has 6 rings (SSSR count). The van der Waals surface area contributed by atoms with Gasteiger partial charge in [-0.25, -0.2) is 0 Å². The van der Waals surface area contributed by atoms with Gasteiger partial charge in [-0.2, -0.15) is 0 Å². The van der Waals surface area contributed by atoms with E-state index in [0.29, 0.717) is 11.8 Å². The molecule has 5 nitrogen and oxygen atoms in total. The number of para-hydroxylation sites is 1. The van der Waals surface area contributed by atoms with Crippen LogP contribution < -0.4 is 5.32 Å². The highest BCUT2D eigenvalue weighted by atomic mass is 16.2. The first kappa shape index (κ1) is 15.8. The Bertz CT molecular complexity index is 818. The number of aryl methyl sites for hydroxylation is 2. The number of nitrogens with one attached hydrogen (secondary N) is 1. The van der Waals surface area contributed by atoms with Crippen molar-refractivity contribution in [3.63, 3.8) is 0 Å². The first-order valence-electron chi connectivity index (χ1n) is 9.37. The van der Waals surface area contributed by atoms with Crippen LogP contribution in [0.15, 0.2) is 30.4 Å². The van der Waals surface area contributed by atoms with Crippen molar-refractivity contribution in [2.24, 2.45) is 35.5 Å². The van der Waals surface area contributed by atoms with E-state index >= 15 is 0 Å². The number of carbonyl (C=O) groups excluding carboxylic acids is 3. The Kier molecular flexibility index (Phi) is 3.21. The summed E-state index contributed by atoms with van der Waals surface area (Å²) in [7, 11) is 0. The van der Waals surface area contributed by atoms with Crippen LogP contribution in [0.1, 0.15) is 17.5 Å². The van der Waals surface area contributed by atoms with Gasteiger partial charge in [-0.1, -0.05) is 30.4 Å². The fraction of sp³-hybridized carbons (Fsp3) is 0.476. The van der Waals surface area contributed by atoms with E-state index in [4.69, 9.17) is 0 Å². The van der Waals surface area contributed by atoms with Crippen LogP contribution >= 0.6 is 0 Å².